The molecule has 2 aromatic rings. The summed E-state index contributed by atoms with van der Waals surface area (Å²) in [7, 11) is 0. The third-order valence-corrected chi connectivity index (χ3v) is 4.72. The van der Waals surface area contributed by atoms with Crippen LogP contribution in [0.3, 0.4) is 0 Å². The maximum Gasteiger partial charge on any atom is 0.0543 e. The van der Waals surface area contributed by atoms with Gasteiger partial charge in [0.15, 0.2) is 0 Å². The molecule has 3 rings (SSSR count). The Hall–Kier alpha value is -1.28. The number of benzene rings is 2. The lowest BCUT2D eigenvalue weighted by molar-refractivity contribution is 0.716. The van der Waals surface area contributed by atoms with Crippen LogP contribution in [0.4, 0.5) is 5.69 Å². The van der Waals surface area contributed by atoms with E-state index in [1.807, 2.05) is 0 Å². The topological polar surface area (TPSA) is 3.24 Å². The Labute approximate surface area is 129 Å². The molecule has 0 aromatic heterocycles. The second-order valence-corrected chi connectivity index (χ2v) is 6.30. The first-order valence-electron chi connectivity index (χ1n) is 7.39. The van der Waals surface area contributed by atoms with Crippen LogP contribution in [0.5, 0.6) is 0 Å². The predicted octanol–water partition coefficient (Wildman–Crippen LogP) is 5.35. The van der Waals surface area contributed by atoms with Gasteiger partial charge in [0, 0.05) is 16.7 Å². The lowest BCUT2D eigenvalue weighted by Crippen LogP contribution is -2.23. The van der Waals surface area contributed by atoms with E-state index in [0.29, 0.717) is 6.04 Å². The number of hydrogen-bond donors (Lipinski definition) is 0. The molecule has 1 aliphatic heterocycles. The molecule has 1 heterocycles. The minimum atomic E-state index is 0.524. The fourth-order valence-corrected chi connectivity index (χ4v) is 3.44. The number of halogens is 1. The number of aryl methyl sites for hydroxylation is 1. The average molecular weight is 330 g/mol. The van der Waals surface area contributed by atoms with Crippen molar-refractivity contribution in [3.63, 3.8) is 0 Å². The predicted molar refractivity (Wildman–Crippen MR) is 89.3 cm³/mol. The van der Waals surface area contributed by atoms with Crippen molar-refractivity contribution in [2.45, 2.75) is 32.2 Å². The van der Waals surface area contributed by atoms with Gasteiger partial charge in [-0.25, -0.2) is 0 Å². The summed E-state index contributed by atoms with van der Waals surface area (Å²) in [4.78, 5) is 2.59. The molecular weight excluding hydrogens is 310 g/mol. The molecule has 0 amide bonds. The van der Waals surface area contributed by atoms with E-state index in [-0.39, 0.29) is 0 Å². The van der Waals surface area contributed by atoms with E-state index in [0.717, 1.165) is 17.4 Å². The van der Waals surface area contributed by atoms with Crippen LogP contribution in [-0.4, -0.2) is 6.54 Å². The largest absolute Gasteiger partial charge is 0.364 e. The quantitative estimate of drug-likeness (QED) is 0.733. The van der Waals surface area contributed by atoms with E-state index in [4.69, 9.17) is 0 Å². The van der Waals surface area contributed by atoms with Crippen LogP contribution in [0.1, 0.15) is 36.9 Å². The summed E-state index contributed by atoms with van der Waals surface area (Å²) < 4.78 is 1.15. The van der Waals surface area contributed by atoms with Gasteiger partial charge in [-0.05, 0) is 48.6 Å². The molecule has 0 spiro atoms. The van der Waals surface area contributed by atoms with Crippen molar-refractivity contribution in [2.75, 3.05) is 11.4 Å². The maximum atomic E-state index is 3.52. The van der Waals surface area contributed by atoms with E-state index in [1.165, 1.54) is 29.7 Å². The molecular formula is C18H20BrN. The number of rotatable bonds is 3. The normalized spacial score (nSPS) is 18.5. The first kappa shape index (κ1) is 13.7. The van der Waals surface area contributed by atoms with Crippen LogP contribution in [0.25, 0.3) is 0 Å². The summed E-state index contributed by atoms with van der Waals surface area (Å²) in [6, 6.07) is 18.2. The van der Waals surface area contributed by atoms with Crippen LogP contribution in [0, 0.1) is 0 Å². The monoisotopic (exact) mass is 329 g/mol. The Morgan fingerprint density at radius 1 is 1.10 bits per heavy atom. The van der Waals surface area contributed by atoms with Gasteiger partial charge >= 0.3 is 0 Å². The second kappa shape index (κ2) is 6.01. The zero-order chi connectivity index (χ0) is 13.9. The summed E-state index contributed by atoms with van der Waals surface area (Å²) in [6.45, 7) is 3.40. The summed E-state index contributed by atoms with van der Waals surface area (Å²) in [5, 5.41) is 0. The molecule has 0 aliphatic carbocycles. The van der Waals surface area contributed by atoms with Crippen molar-refractivity contribution < 1.29 is 0 Å². The van der Waals surface area contributed by atoms with Gasteiger partial charge < -0.3 is 4.90 Å². The first-order valence-corrected chi connectivity index (χ1v) is 8.19. The minimum absolute atomic E-state index is 0.524. The number of nitrogens with zero attached hydrogens (tertiary/aromatic N) is 1. The van der Waals surface area contributed by atoms with E-state index >= 15 is 0 Å². The lowest BCUT2D eigenvalue weighted by atomic mass is 10.0. The van der Waals surface area contributed by atoms with Gasteiger partial charge in [0.05, 0.1) is 6.04 Å². The molecule has 1 atom stereocenters. The third kappa shape index (κ3) is 2.62. The molecule has 104 valence electrons. The highest BCUT2D eigenvalue weighted by atomic mass is 79.9. The summed E-state index contributed by atoms with van der Waals surface area (Å²) >= 11 is 3.52. The van der Waals surface area contributed by atoms with Gasteiger partial charge in [0.2, 0.25) is 0 Å². The van der Waals surface area contributed by atoms with Crippen molar-refractivity contribution in [2.24, 2.45) is 0 Å². The molecule has 1 fully saturated rings. The summed E-state index contributed by atoms with van der Waals surface area (Å²) in [6.07, 6.45) is 3.62. The maximum absolute atomic E-state index is 3.52. The third-order valence-electron chi connectivity index (χ3n) is 4.19. The number of para-hydroxylation sites is 1. The minimum Gasteiger partial charge on any atom is -0.364 e. The second-order valence-electron chi connectivity index (χ2n) is 5.39. The highest BCUT2D eigenvalue weighted by Crippen LogP contribution is 2.38. The average Bonchev–Trinajstić information content (AvgIpc) is 2.97. The van der Waals surface area contributed by atoms with Gasteiger partial charge in [0.25, 0.3) is 0 Å². The van der Waals surface area contributed by atoms with Crippen molar-refractivity contribution in [1.29, 1.82) is 0 Å². The van der Waals surface area contributed by atoms with Gasteiger partial charge in [-0.3, -0.25) is 0 Å². The molecule has 0 N–H and O–H groups in total. The lowest BCUT2D eigenvalue weighted by Gasteiger charge is -2.29. The zero-order valence-corrected chi connectivity index (χ0v) is 13.4. The Bertz CT molecular complexity index is 576. The van der Waals surface area contributed by atoms with Gasteiger partial charge in [-0.15, -0.1) is 0 Å². The number of hydrogen-bond acceptors (Lipinski definition) is 1. The van der Waals surface area contributed by atoms with Gasteiger partial charge in [0.1, 0.15) is 0 Å². The molecule has 20 heavy (non-hydrogen) atoms. The van der Waals surface area contributed by atoms with E-state index in [2.05, 4.69) is 76.3 Å². The van der Waals surface area contributed by atoms with Crippen molar-refractivity contribution in [1.82, 2.24) is 0 Å². The highest BCUT2D eigenvalue weighted by Gasteiger charge is 2.27. The molecule has 1 aliphatic rings. The molecule has 1 nitrogen and oxygen atoms in total. The Morgan fingerprint density at radius 3 is 2.60 bits per heavy atom. The fourth-order valence-electron chi connectivity index (χ4n) is 3.18. The van der Waals surface area contributed by atoms with E-state index in [1.54, 1.807) is 0 Å². The molecule has 2 aromatic carbocycles. The van der Waals surface area contributed by atoms with Crippen molar-refractivity contribution in [3.05, 3.63) is 64.1 Å². The first-order chi connectivity index (χ1) is 9.79. The molecule has 0 bridgehead atoms. The standard InChI is InChI=1S/C18H20BrN/c1-2-14-6-3-4-7-17(14)20-13-5-8-18(20)15-9-11-16(19)12-10-15/h3-4,6-7,9-12,18H,2,5,8,13H2,1H3. The van der Waals surface area contributed by atoms with Gasteiger partial charge in [-0.1, -0.05) is 53.2 Å². The van der Waals surface area contributed by atoms with Crippen LogP contribution in [0.2, 0.25) is 0 Å². The fraction of sp³-hybridized carbons (Fsp3) is 0.333. The molecule has 2 heteroatoms. The van der Waals surface area contributed by atoms with E-state index in [9.17, 15) is 0 Å². The Balaban J connectivity index is 1.94. The smallest absolute Gasteiger partial charge is 0.0543 e. The Kier molecular flexibility index (Phi) is 4.11. The molecule has 1 unspecified atom stereocenters. The summed E-state index contributed by atoms with van der Waals surface area (Å²) in [5.74, 6) is 0. The molecule has 1 saturated heterocycles. The van der Waals surface area contributed by atoms with Crippen LogP contribution in [0.15, 0.2) is 53.0 Å². The zero-order valence-electron chi connectivity index (χ0n) is 11.8. The molecule has 0 saturated carbocycles. The summed E-state index contributed by atoms with van der Waals surface area (Å²) in [5.41, 5.74) is 4.30. The van der Waals surface area contributed by atoms with Gasteiger partial charge in [-0.2, -0.15) is 0 Å². The highest BCUT2D eigenvalue weighted by molar-refractivity contribution is 9.10. The Morgan fingerprint density at radius 2 is 1.85 bits per heavy atom. The van der Waals surface area contributed by atoms with Crippen molar-refractivity contribution >= 4 is 21.6 Å². The molecule has 0 radical (unpaired) electrons. The SMILES string of the molecule is CCc1ccccc1N1CCCC1c1ccc(Br)cc1. The van der Waals surface area contributed by atoms with Crippen molar-refractivity contribution in [3.8, 4) is 0 Å². The van der Waals surface area contributed by atoms with E-state index < -0.39 is 0 Å². The van der Waals surface area contributed by atoms with Crippen LogP contribution >= 0.6 is 15.9 Å². The number of anilines is 1. The van der Waals surface area contributed by atoms with Crippen LogP contribution in [-0.2, 0) is 6.42 Å². The van der Waals surface area contributed by atoms with Crippen LogP contribution < -0.4 is 4.90 Å².